The van der Waals surface area contributed by atoms with Gasteiger partial charge in [-0.25, -0.2) is 0 Å². The van der Waals surface area contributed by atoms with E-state index in [0.717, 1.165) is 19.3 Å². The second-order valence-corrected chi connectivity index (χ2v) is 6.62. The van der Waals surface area contributed by atoms with Gasteiger partial charge in [-0.3, -0.25) is 4.79 Å². The van der Waals surface area contributed by atoms with E-state index in [-0.39, 0.29) is 30.0 Å². The molecule has 22 heavy (non-hydrogen) atoms. The lowest BCUT2D eigenvalue weighted by molar-refractivity contribution is -0.141. The summed E-state index contributed by atoms with van der Waals surface area (Å²) in [6, 6.07) is 10.1. The second kappa shape index (κ2) is 6.80. The predicted octanol–water partition coefficient (Wildman–Crippen LogP) is 2.07. The van der Waals surface area contributed by atoms with Gasteiger partial charge < -0.3 is 14.9 Å². The number of aliphatic hydroxyl groups excluding tert-OH is 2. The molecule has 1 saturated heterocycles. The number of esters is 1. The van der Waals surface area contributed by atoms with Crippen LogP contribution in [-0.2, 0) is 16.0 Å². The Kier molecular flexibility index (Phi) is 4.79. The highest BCUT2D eigenvalue weighted by atomic mass is 16.6. The smallest absolute Gasteiger partial charge is 0.306 e. The molecule has 4 heteroatoms. The molecule has 5 atom stereocenters. The van der Waals surface area contributed by atoms with Gasteiger partial charge in [0, 0.05) is 12.3 Å². The minimum Gasteiger partial charge on any atom is -0.462 e. The summed E-state index contributed by atoms with van der Waals surface area (Å²) in [5, 5.41) is 20.3. The van der Waals surface area contributed by atoms with Crippen LogP contribution < -0.4 is 0 Å². The molecule has 0 spiro atoms. The first kappa shape index (κ1) is 15.5. The molecule has 3 rings (SSSR count). The molecule has 1 aromatic carbocycles. The average Bonchev–Trinajstić information content (AvgIpc) is 2.99. The van der Waals surface area contributed by atoms with Gasteiger partial charge in [-0.2, -0.15) is 0 Å². The number of hydrogen-bond acceptors (Lipinski definition) is 4. The Morgan fingerprint density at radius 1 is 1.23 bits per heavy atom. The van der Waals surface area contributed by atoms with Crippen LogP contribution >= 0.6 is 0 Å². The fourth-order valence-corrected chi connectivity index (χ4v) is 3.89. The Hall–Kier alpha value is -1.39. The van der Waals surface area contributed by atoms with Crippen LogP contribution in [0.5, 0.6) is 0 Å². The van der Waals surface area contributed by atoms with E-state index in [1.807, 2.05) is 18.2 Å². The molecule has 2 fully saturated rings. The standard InChI is InChI=1S/C18H24O4/c19-13(7-6-12-4-2-1-3-5-12)8-9-14-15-10-18(21)22-17(15)11-16(14)20/h1-5,13-17,19-20H,6-11H2/t13-,14?,15+,16+,17-/m0/s1. The third-order valence-corrected chi connectivity index (χ3v) is 5.12. The number of fused-ring (bicyclic) bond motifs is 1. The Bertz CT molecular complexity index is 501. The van der Waals surface area contributed by atoms with E-state index in [0.29, 0.717) is 19.3 Å². The van der Waals surface area contributed by atoms with E-state index in [9.17, 15) is 15.0 Å². The summed E-state index contributed by atoms with van der Waals surface area (Å²) < 4.78 is 5.24. The van der Waals surface area contributed by atoms with Crippen molar-refractivity contribution in [1.29, 1.82) is 0 Å². The quantitative estimate of drug-likeness (QED) is 0.790. The Labute approximate surface area is 131 Å². The normalized spacial score (nSPS) is 31.8. The van der Waals surface area contributed by atoms with Crippen LogP contribution in [0.25, 0.3) is 0 Å². The van der Waals surface area contributed by atoms with Crippen molar-refractivity contribution in [2.45, 2.75) is 56.8 Å². The first-order valence-corrected chi connectivity index (χ1v) is 8.23. The first-order valence-electron chi connectivity index (χ1n) is 8.23. The van der Waals surface area contributed by atoms with Crippen LogP contribution in [0.3, 0.4) is 0 Å². The number of aryl methyl sites for hydroxylation is 1. The van der Waals surface area contributed by atoms with Crippen molar-refractivity contribution >= 4 is 5.97 Å². The molecule has 2 N–H and O–H groups in total. The minimum absolute atomic E-state index is 0.0859. The lowest BCUT2D eigenvalue weighted by Crippen LogP contribution is -2.22. The maximum atomic E-state index is 11.4. The summed E-state index contributed by atoms with van der Waals surface area (Å²) in [4.78, 5) is 11.4. The van der Waals surface area contributed by atoms with Crippen molar-refractivity contribution in [2.24, 2.45) is 11.8 Å². The molecule has 1 aliphatic carbocycles. The third kappa shape index (κ3) is 3.50. The summed E-state index contributed by atoms with van der Waals surface area (Å²) in [7, 11) is 0. The summed E-state index contributed by atoms with van der Waals surface area (Å²) in [5.74, 6) is 0.0863. The van der Waals surface area contributed by atoms with Crippen molar-refractivity contribution in [2.75, 3.05) is 0 Å². The Morgan fingerprint density at radius 2 is 2.00 bits per heavy atom. The van der Waals surface area contributed by atoms with Gasteiger partial charge in [-0.15, -0.1) is 0 Å². The summed E-state index contributed by atoms with van der Waals surface area (Å²) in [5.41, 5.74) is 1.23. The van der Waals surface area contributed by atoms with Gasteiger partial charge in [0.1, 0.15) is 6.10 Å². The van der Waals surface area contributed by atoms with Gasteiger partial charge in [0.15, 0.2) is 0 Å². The van der Waals surface area contributed by atoms with Gasteiger partial charge in [-0.1, -0.05) is 30.3 Å². The van der Waals surface area contributed by atoms with E-state index in [2.05, 4.69) is 12.1 Å². The average molecular weight is 304 g/mol. The van der Waals surface area contributed by atoms with Crippen LogP contribution in [0.15, 0.2) is 30.3 Å². The van der Waals surface area contributed by atoms with E-state index in [1.54, 1.807) is 0 Å². The predicted molar refractivity (Wildman–Crippen MR) is 82.1 cm³/mol. The monoisotopic (exact) mass is 304 g/mol. The molecule has 1 unspecified atom stereocenters. The van der Waals surface area contributed by atoms with Gasteiger partial charge in [0.25, 0.3) is 0 Å². The molecule has 4 nitrogen and oxygen atoms in total. The van der Waals surface area contributed by atoms with Gasteiger partial charge in [0.05, 0.1) is 18.6 Å². The van der Waals surface area contributed by atoms with Crippen molar-refractivity contribution in [3.8, 4) is 0 Å². The fourth-order valence-electron chi connectivity index (χ4n) is 3.89. The number of benzene rings is 1. The number of aliphatic hydroxyl groups is 2. The van der Waals surface area contributed by atoms with E-state index >= 15 is 0 Å². The van der Waals surface area contributed by atoms with Crippen molar-refractivity contribution in [3.05, 3.63) is 35.9 Å². The molecule has 0 amide bonds. The molecule has 0 radical (unpaired) electrons. The van der Waals surface area contributed by atoms with Crippen LogP contribution in [0.2, 0.25) is 0 Å². The highest BCUT2D eigenvalue weighted by Gasteiger charge is 2.49. The lowest BCUT2D eigenvalue weighted by Gasteiger charge is -2.20. The highest BCUT2D eigenvalue weighted by Crippen LogP contribution is 2.43. The Balaban J connectivity index is 1.44. The molecule has 0 bridgehead atoms. The van der Waals surface area contributed by atoms with Gasteiger partial charge in [0.2, 0.25) is 0 Å². The summed E-state index contributed by atoms with van der Waals surface area (Å²) in [6.45, 7) is 0. The fraction of sp³-hybridized carbons (Fsp3) is 0.611. The summed E-state index contributed by atoms with van der Waals surface area (Å²) in [6.07, 6.45) is 3.15. The largest absolute Gasteiger partial charge is 0.462 e. The van der Waals surface area contributed by atoms with Crippen molar-refractivity contribution in [3.63, 3.8) is 0 Å². The first-order chi connectivity index (χ1) is 10.6. The molecule has 1 aliphatic heterocycles. The maximum Gasteiger partial charge on any atom is 0.306 e. The van der Waals surface area contributed by atoms with Gasteiger partial charge in [-0.05, 0) is 37.2 Å². The Morgan fingerprint density at radius 3 is 2.77 bits per heavy atom. The van der Waals surface area contributed by atoms with Crippen molar-refractivity contribution in [1.82, 2.24) is 0 Å². The van der Waals surface area contributed by atoms with Crippen molar-refractivity contribution < 1.29 is 19.7 Å². The van der Waals surface area contributed by atoms with E-state index in [1.165, 1.54) is 5.56 Å². The number of rotatable bonds is 6. The molecule has 1 aromatic rings. The zero-order valence-corrected chi connectivity index (χ0v) is 12.7. The second-order valence-electron chi connectivity index (χ2n) is 6.62. The molecule has 0 aromatic heterocycles. The van der Waals surface area contributed by atoms with Crippen LogP contribution in [-0.4, -0.2) is 34.5 Å². The topological polar surface area (TPSA) is 66.8 Å². The zero-order chi connectivity index (χ0) is 15.5. The molecular weight excluding hydrogens is 280 g/mol. The lowest BCUT2D eigenvalue weighted by atomic mass is 9.87. The number of hydrogen-bond donors (Lipinski definition) is 2. The maximum absolute atomic E-state index is 11.4. The van der Waals surface area contributed by atoms with Crippen LogP contribution in [0.4, 0.5) is 0 Å². The third-order valence-electron chi connectivity index (χ3n) is 5.12. The highest BCUT2D eigenvalue weighted by molar-refractivity contribution is 5.72. The number of carbonyl (C=O) groups excluding carboxylic acids is 1. The van der Waals surface area contributed by atoms with E-state index < -0.39 is 6.10 Å². The van der Waals surface area contributed by atoms with E-state index in [4.69, 9.17) is 4.74 Å². The molecular formula is C18H24O4. The van der Waals surface area contributed by atoms with Crippen LogP contribution in [0.1, 0.15) is 37.7 Å². The molecule has 1 saturated carbocycles. The number of ether oxygens (including phenoxy) is 1. The summed E-state index contributed by atoms with van der Waals surface area (Å²) >= 11 is 0. The molecule has 2 aliphatic rings. The van der Waals surface area contributed by atoms with Gasteiger partial charge >= 0.3 is 5.97 Å². The number of carbonyl (C=O) groups is 1. The zero-order valence-electron chi connectivity index (χ0n) is 12.7. The molecule has 120 valence electrons. The molecule has 1 heterocycles. The minimum atomic E-state index is -0.399. The SMILES string of the molecule is O=C1C[C@@H]2C(CC[C@@H](O)CCc3ccccc3)[C@H](O)C[C@@H]2O1. The van der Waals surface area contributed by atoms with Crippen LogP contribution in [0, 0.1) is 11.8 Å².